The fourth-order valence-electron chi connectivity index (χ4n) is 2.97. The summed E-state index contributed by atoms with van der Waals surface area (Å²) in [5, 5.41) is 2.87. The Hall–Kier alpha value is -2.75. The maximum Gasteiger partial charge on any atom is 0.321 e. The van der Waals surface area contributed by atoms with Gasteiger partial charge >= 0.3 is 6.03 Å². The Kier molecular flexibility index (Phi) is 5.39. The SMILES string of the molecule is Cc1ccc(/C=C/NC(=O)N2CCN(c3cccc(C)c3)CC2)cc1. The Bertz CT molecular complexity index is 744. The number of anilines is 1. The van der Waals surface area contributed by atoms with E-state index in [1.807, 2.05) is 23.1 Å². The maximum atomic E-state index is 12.3. The summed E-state index contributed by atoms with van der Waals surface area (Å²) in [6.07, 6.45) is 3.64. The molecule has 2 aromatic rings. The van der Waals surface area contributed by atoms with Crippen LogP contribution in [-0.4, -0.2) is 37.1 Å². The minimum Gasteiger partial charge on any atom is -0.368 e. The normalized spacial score (nSPS) is 14.8. The van der Waals surface area contributed by atoms with E-state index in [9.17, 15) is 4.79 Å². The van der Waals surface area contributed by atoms with Gasteiger partial charge in [0.1, 0.15) is 0 Å². The van der Waals surface area contributed by atoms with Gasteiger partial charge in [-0.15, -0.1) is 0 Å². The first kappa shape index (κ1) is 17.1. The fourth-order valence-corrected chi connectivity index (χ4v) is 2.97. The topological polar surface area (TPSA) is 35.6 Å². The number of urea groups is 1. The third-order valence-corrected chi connectivity index (χ3v) is 4.49. The molecule has 1 N–H and O–H groups in total. The van der Waals surface area contributed by atoms with Crippen molar-refractivity contribution < 1.29 is 4.79 Å². The van der Waals surface area contributed by atoms with Crippen molar-refractivity contribution in [3.63, 3.8) is 0 Å². The molecule has 130 valence electrons. The molecular formula is C21H25N3O. The summed E-state index contributed by atoms with van der Waals surface area (Å²) in [6, 6.07) is 16.7. The summed E-state index contributed by atoms with van der Waals surface area (Å²) >= 11 is 0. The van der Waals surface area contributed by atoms with E-state index in [0.29, 0.717) is 0 Å². The van der Waals surface area contributed by atoms with E-state index in [4.69, 9.17) is 0 Å². The van der Waals surface area contributed by atoms with Gasteiger partial charge in [0.15, 0.2) is 0 Å². The molecule has 0 radical (unpaired) electrons. The first-order valence-electron chi connectivity index (χ1n) is 8.72. The summed E-state index contributed by atoms with van der Waals surface area (Å²) < 4.78 is 0. The third kappa shape index (κ3) is 4.63. The molecule has 0 aromatic heterocycles. The van der Waals surface area contributed by atoms with Gasteiger partial charge in [-0.1, -0.05) is 42.0 Å². The predicted molar refractivity (Wildman–Crippen MR) is 104 cm³/mol. The molecule has 2 amide bonds. The number of piperazine rings is 1. The Morgan fingerprint density at radius 3 is 2.36 bits per heavy atom. The predicted octanol–water partition coefficient (Wildman–Crippen LogP) is 3.81. The van der Waals surface area contributed by atoms with Crippen molar-refractivity contribution in [1.29, 1.82) is 0 Å². The van der Waals surface area contributed by atoms with E-state index in [0.717, 1.165) is 31.7 Å². The van der Waals surface area contributed by atoms with Gasteiger partial charge in [0.2, 0.25) is 0 Å². The van der Waals surface area contributed by atoms with Crippen LogP contribution in [0, 0.1) is 13.8 Å². The van der Waals surface area contributed by atoms with Crippen molar-refractivity contribution in [2.24, 2.45) is 0 Å². The molecule has 0 unspecified atom stereocenters. The Morgan fingerprint density at radius 1 is 0.960 bits per heavy atom. The van der Waals surface area contributed by atoms with Crippen molar-refractivity contribution in [2.45, 2.75) is 13.8 Å². The van der Waals surface area contributed by atoms with Gasteiger partial charge in [0.05, 0.1) is 0 Å². The van der Waals surface area contributed by atoms with Crippen molar-refractivity contribution >= 4 is 17.8 Å². The summed E-state index contributed by atoms with van der Waals surface area (Å²) in [5.41, 5.74) is 4.81. The van der Waals surface area contributed by atoms with Crippen LogP contribution in [0.5, 0.6) is 0 Å². The highest BCUT2D eigenvalue weighted by Crippen LogP contribution is 2.17. The van der Waals surface area contributed by atoms with Gasteiger partial charge in [-0.2, -0.15) is 0 Å². The molecule has 25 heavy (non-hydrogen) atoms. The highest BCUT2D eigenvalue weighted by Gasteiger charge is 2.20. The molecule has 4 heteroatoms. The van der Waals surface area contributed by atoms with Crippen LogP contribution in [0.15, 0.2) is 54.7 Å². The second-order valence-corrected chi connectivity index (χ2v) is 6.51. The molecule has 0 atom stereocenters. The first-order chi connectivity index (χ1) is 12.1. The number of carbonyl (C=O) groups excluding carboxylic acids is 1. The van der Waals surface area contributed by atoms with Crippen LogP contribution in [0.25, 0.3) is 6.08 Å². The molecular weight excluding hydrogens is 310 g/mol. The van der Waals surface area contributed by atoms with Gasteiger partial charge in [-0.25, -0.2) is 4.79 Å². The maximum absolute atomic E-state index is 12.3. The average molecular weight is 335 g/mol. The minimum atomic E-state index is -0.0350. The zero-order valence-electron chi connectivity index (χ0n) is 14.9. The van der Waals surface area contributed by atoms with Gasteiger partial charge in [-0.3, -0.25) is 0 Å². The lowest BCUT2D eigenvalue weighted by Crippen LogP contribution is -2.51. The fraction of sp³-hybridized carbons (Fsp3) is 0.286. The van der Waals surface area contributed by atoms with E-state index in [1.165, 1.54) is 16.8 Å². The van der Waals surface area contributed by atoms with Crippen LogP contribution in [0.1, 0.15) is 16.7 Å². The average Bonchev–Trinajstić information content (AvgIpc) is 2.63. The van der Waals surface area contributed by atoms with Crippen LogP contribution in [-0.2, 0) is 0 Å². The second-order valence-electron chi connectivity index (χ2n) is 6.51. The number of carbonyl (C=O) groups is 1. The lowest BCUT2D eigenvalue weighted by atomic mass is 10.1. The van der Waals surface area contributed by atoms with Gasteiger partial charge in [-0.05, 0) is 43.2 Å². The number of nitrogens with zero attached hydrogens (tertiary/aromatic N) is 2. The molecule has 0 bridgehead atoms. The van der Waals surface area contributed by atoms with Crippen molar-refractivity contribution in [2.75, 3.05) is 31.1 Å². The monoisotopic (exact) mass is 335 g/mol. The van der Waals surface area contributed by atoms with Crippen molar-refractivity contribution in [3.05, 3.63) is 71.4 Å². The number of benzene rings is 2. The molecule has 0 aliphatic carbocycles. The first-order valence-corrected chi connectivity index (χ1v) is 8.72. The lowest BCUT2D eigenvalue weighted by Gasteiger charge is -2.36. The Morgan fingerprint density at radius 2 is 1.68 bits per heavy atom. The number of hydrogen-bond donors (Lipinski definition) is 1. The molecule has 1 heterocycles. The van der Waals surface area contributed by atoms with E-state index in [2.05, 4.69) is 60.5 Å². The lowest BCUT2D eigenvalue weighted by molar-refractivity contribution is 0.198. The summed E-state index contributed by atoms with van der Waals surface area (Å²) in [6.45, 7) is 7.35. The quantitative estimate of drug-likeness (QED) is 0.926. The number of aryl methyl sites for hydroxylation is 2. The number of amides is 2. The zero-order valence-corrected chi connectivity index (χ0v) is 14.9. The molecule has 1 saturated heterocycles. The summed E-state index contributed by atoms with van der Waals surface area (Å²) in [7, 11) is 0. The smallest absolute Gasteiger partial charge is 0.321 e. The van der Waals surface area contributed by atoms with Gasteiger partial charge in [0, 0.05) is 38.1 Å². The molecule has 0 spiro atoms. The van der Waals surface area contributed by atoms with Crippen LogP contribution >= 0.6 is 0 Å². The summed E-state index contributed by atoms with van der Waals surface area (Å²) in [5.74, 6) is 0. The molecule has 2 aromatic carbocycles. The third-order valence-electron chi connectivity index (χ3n) is 4.49. The Balaban J connectivity index is 1.49. The second kappa shape index (κ2) is 7.88. The van der Waals surface area contributed by atoms with E-state index < -0.39 is 0 Å². The van der Waals surface area contributed by atoms with Crippen LogP contribution < -0.4 is 10.2 Å². The molecule has 1 aliphatic rings. The minimum absolute atomic E-state index is 0.0350. The number of nitrogens with one attached hydrogen (secondary N) is 1. The van der Waals surface area contributed by atoms with Crippen LogP contribution in [0.3, 0.4) is 0 Å². The largest absolute Gasteiger partial charge is 0.368 e. The van der Waals surface area contributed by atoms with E-state index in [-0.39, 0.29) is 6.03 Å². The highest BCUT2D eigenvalue weighted by molar-refractivity contribution is 5.76. The Labute approximate surface area is 149 Å². The highest BCUT2D eigenvalue weighted by atomic mass is 16.2. The van der Waals surface area contributed by atoms with Crippen molar-refractivity contribution in [1.82, 2.24) is 10.2 Å². The van der Waals surface area contributed by atoms with Crippen LogP contribution in [0.2, 0.25) is 0 Å². The van der Waals surface area contributed by atoms with Crippen LogP contribution in [0.4, 0.5) is 10.5 Å². The van der Waals surface area contributed by atoms with E-state index >= 15 is 0 Å². The van der Waals surface area contributed by atoms with Gasteiger partial charge in [0.25, 0.3) is 0 Å². The molecule has 1 fully saturated rings. The van der Waals surface area contributed by atoms with Gasteiger partial charge < -0.3 is 15.1 Å². The molecule has 1 aliphatic heterocycles. The molecule has 4 nitrogen and oxygen atoms in total. The zero-order chi connectivity index (χ0) is 17.6. The van der Waals surface area contributed by atoms with E-state index in [1.54, 1.807) is 6.20 Å². The molecule has 3 rings (SSSR count). The van der Waals surface area contributed by atoms with Crippen molar-refractivity contribution in [3.8, 4) is 0 Å². The number of hydrogen-bond acceptors (Lipinski definition) is 2. The standard InChI is InChI=1S/C21H25N3O/c1-17-6-8-19(9-7-17)10-11-22-21(25)24-14-12-23(13-15-24)20-5-3-4-18(2)16-20/h3-11,16H,12-15H2,1-2H3,(H,22,25)/b11-10+. The summed E-state index contributed by atoms with van der Waals surface area (Å²) in [4.78, 5) is 16.5. The molecule has 0 saturated carbocycles. The number of rotatable bonds is 3.